The number of ether oxygens (including phenoxy) is 1. The van der Waals surface area contributed by atoms with E-state index in [1.54, 1.807) is 22.9 Å². The Hall–Kier alpha value is -3.38. The number of rotatable bonds is 6. The van der Waals surface area contributed by atoms with Gasteiger partial charge < -0.3 is 10.1 Å². The topological polar surface area (TPSA) is 73.2 Å². The van der Waals surface area contributed by atoms with Gasteiger partial charge in [0.2, 0.25) is 5.91 Å². The van der Waals surface area contributed by atoms with Crippen molar-refractivity contribution in [2.75, 3.05) is 13.7 Å². The summed E-state index contributed by atoms with van der Waals surface area (Å²) in [5.74, 6) is -0.916. The fraction of sp³-hybridized carbons (Fsp3) is 0.0952. The average molecular weight is 396 g/mol. The fourth-order valence-electron chi connectivity index (χ4n) is 2.51. The molecule has 0 radical (unpaired) electrons. The van der Waals surface area contributed by atoms with Gasteiger partial charge in [-0.05, 0) is 30.3 Å². The van der Waals surface area contributed by atoms with Crippen molar-refractivity contribution in [3.63, 3.8) is 0 Å². The van der Waals surface area contributed by atoms with E-state index >= 15 is 0 Å². The number of nitrogens with zero attached hydrogens (tertiary/aromatic N) is 2. The van der Waals surface area contributed by atoms with Gasteiger partial charge in [0.05, 0.1) is 18.5 Å². The SMILES string of the molecule is COC(=O)CNC(=O)C=Cc1cn(-c2ccccc2)nc1-c1ccc(Cl)cc1. The Balaban J connectivity index is 1.91. The molecule has 0 aliphatic rings. The van der Waals surface area contributed by atoms with Gasteiger partial charge >= 0.3 is 5.97 Å². The molecule has 3 rings (SSSR count). The first-order chi connectivity index (χ1) is 13.6. The minimum absolute atomic E-state index is 0.188. The molecule has 7 heteroatoms. The third-order valence-electron chi connectivity index (χ3n) is 3.93. The summed E-state index contributed by atoms with van der Waals surface area (Å²) in [5, 5.41) is 7.76. The normalized spacial score (nSPS) is 10.8. The molecule has 142 valence electrons. The van der Waals surface area contributed by atoms with Crippen molar-refractivity contribution < 1.29 is 14.3 Å². The highest BCUT2D eigenvalue weighted by molar-refractivity contribution is 6.30. The van der Waals surface area contributed by atoms with Crippen LogP contribution in [0.5, 0.6) is 0 Å². The maximum atomic E-state index is 12.0. The number of benzene rings is 2. The molecule has 6 nitrogen and oxygen atoms in total. The molecule has 2 aromatic carbocycles. The van der Waals surface area contributed by atoms with Crippen LogP contribution in [0.2, 0.25) is 5.02 Å². The smallest absolute Gasteiger partial charge is 0.325 e. The maximum absolute atomic E-state index is 12.0. The summed E-state index contributed by atoms with van der Waals surface area (Å²) in [4.78, 5) is 23.1. The first kappa shape index (κ1) is 19.4. The molecule has 0 spiro atoms. The molecule has 0 aliphatic heterocycles. The molecule has 3 aromatic rings. The molecular formula is C21H18ClN3O3. The van der Waals surface area contributed by atoms with Gasteiger partial charge in [0.25, 0.3) is 0 Å². The summed E-state index contributed by atoms with van der Waals surface area (Å²) in [6, 6.07) is 17.0. The highest BCUT2D eigenvalue weighted by atomic mass is 35.5. The summed E-state index contributed by atoms with van der Waals surface area (Å²) in [6.45, 7) is -0.188. The second-order valence-electron chi connectivity index (χ2n) is 5.85. The van der Waals surface area contributed by atoms with Gasteiger partial charge in [-0.2, -0.15) is 5.10 Å². The van der Waals surface area contributed by atoms with Crippen molar-refractivity contribution in [3.8, 4) is 16.9 Å². The zero-order valence-electron chi connectivity index (χ0n) is 15.1. The number of hydrogen-bond donors (Lipinski definition) is 1. The van der Waals surface area contributed by atoms with Crippen LogP contribution in [0.15, 0.2) is 66.9 Å². The number of aromatic nitrogens is 2. The number of methoxy groups -OCH3 is 1. The molecule has 0 aliphatic carbocycles. The molecule has 0 atom stereocenters. The lowest BCUT2D eigenvalue weighted by Crippen LogP contribution is -2.28. The zero-order chi connectivity index (χ0) is 19.9. The third kappa shape index (κ3) is 4.86. The summed E-state index contributed by atoms with van der Waals surface area (Å²) in [6.07, 6.45) is 4.85. The number of esters is 1. The Labute approximate surface area is 167 Å². The predicted octanol–water partition coefficient (Wildman–Crippen LogP) is 3.50. The number of nitrogens with one attached hydrogen (secondary N) is 1. The molecule has 1 aromatic heterocycles. The zero-order valence-corrected chi connectivity index (χ0v) is 15.9. The quantitative estimate of drug-likeness (QED) is 0.512. The number of carbonyl (C=O) groups excluding carboxylic acids is 2. The van der Waals surface area contributed by atoms with Gasteiger partial charge in [-0.3, -0.25) is 9.59 Å². The van der Waals surface area contributed by atoms with Gasteiger partial charge in [0.1, 0.15) is 6.54 Å². The Morgan fingerprint density at radius 1 is 1.14 bits per heavy atom. The first-order valence-corrected chi connectivity index (χ1v) is 8.88. The van der Waals surface area contributed by atoms with E-state index in [9.17, 15) is 9.59 Å². The third-order valence-corrected chi connectivity index (χ3v) is 4.18. The van der Waals surface area contributed by atoms with Crippen LogP contribution in [0.25, 0.3) is 23.0 Å². The summed E-state index contributed by atoms with van der Waals surface area (Å²) < 4.78 is 6.25. The fourth-order valence-corrected chi connectivity index (χ4v) is 2.64. The lowest BCUT2D eigenvalue weighted by atomic mass is 10.1. The lowest BCUT2D eigenvalue weighted by molar-refractivity contribution is -0.140. The molecular weight excluding hydrogens is 378 g/mol. The summed E-state index contributed by atoms with van der Waals surface area (Å²) >= 11 is 5.98. The Kier molecular flexibility index (Phi) is 6.24. The van der Waals surface area contributed by atoms with Crippen LogP contribution in [-0.2, 0) is 14.3 Å². The van der Waals surface area contributed by atoms with Gasteiger partial charge in [-0.25, -0.2) is 4.68 Å². The van der Waals surface area contributed by atoms with E-state index in [1.165, 1.54) is 13.2 Å². The van der Waals surface area contributed by atoms with E-state index in [2.05, 4.69) is 15.2 Å². The van der Waals surface area contributed by atoms with Crippen molar-refractivity contribution in [1.29, 1.82) is 0 Å². The number of carbonyl (C=O) groups is 2. The lowest BCUT2D eigenvalue weighted by Gasteiger charge is -2.01. The molecule has 1 heterocycles. The first-order valence-electron chi connectivity index (χ1n) is 8.50. The number of para-hydroxylation sites is 1. The van der Waals surface area contributed by atoms with Gasteiger partial charge in [0, 0.05) is 28.4 Å². The van der Waals surface area contributed by atoms with Gasteiger partial charge in [0.15, 0.2) is 0 Å². The second kappa shape index (κ2) is 9.01. The highest BCUT2D eigenvalue weighted by Crippen LogP contribution is 2.26. The number of amides is 1. The van der Waals surface area contributed by atoms with Crippen molar-refractivity contribution in [3.05, 3.63) is 77.5 Å². The van der Waals surface area contributed by atoms with Gasteiger partial charge in [-0.1, -0.05) is 41.9 Å². The minimum atomic E-state index is -0.513. The molecule has 0 saturated heterocycles. The van der Waals surface area contributed by atoms with E-state index < -0.39 is 11.9 Å². The van der Waals surface area contributed by atoms with Crippen molar-refractivity contribution in [2.45, 2.75) is 0 Å². The standard InChI is InChI=1S/C21H18ClN3O3/c1-28-20(27)13-23-19(26)12-9-16-14-25(18-5-3-2-4-6-18)24-21(16)15-7-10-17(22)11-8-15/h2-12,14H,13H2,1H3,(H,23,26). The van der Waals surface area contributed by atoms with Crippen molar-refractivity contribution >= 4 is 29.6 Å². The van der Waals surface area contributed by atoms with E-state index in [4.69, 9.17) is 11.6 Å². The van der Waals surface area contributed by atoms with E-state index in [-0.39, 0.29) is 6.54 Å². The Morgan fingerprint density at radius 2 is 1.86 bits per heavy atom. The van der Waals surface area contributed by atoms with E-state index in [0.29, 0.717) is 10.7 Å². The van der Waals surface area contributed by atoms with Crippen LogP contribution >= 0.6 is 11.6 Å². The van der Waals surface area contributed by atoms with Gasteiger partial charge in [-0.15, -0.1) is 0 Å². The second-order valence-corrected chi connectivity index (χ2v) is 6.28. The largest absolute Gasteiger partial charge is 0.468 e. The molecule has 1 N–H and O–H groups in total. The van der Waals surface area contributed by atoms with Crippen LogP contribution in [0.4, 0.5) is 0 Å². The number of hydrogen-bond acceptors (Lipinski definition) is 4. The monoisotopic (exact) mass is 395 g/mol. The molecule has 1 amide bonds. The van der Waals surface area contributed by atoms with E-state index in [1.807, 2.05) is 48.7 Å². The molecule has 28 heavy (non-hydrogen) atoms. The molecule has 0 unspecified atom stereocenters. The molecule has 0 bridgehead atoms. The predicted molar refractivity (Wildman–Crippen MR) is 108 cm³/mol. The minimum Gasteiger partial charge on any atom is -0.468 e. The average Bonchev–Trinajstić information content (AvgIpc) is 3.16. The maximum Gasteiger partial charge on any atom is 0.325 e. The van der Waals surface area contributed by atoms with Crippen molar-refractivity contribution in [2.24, 2.45) is 0 Å². The van der Waals surface area contributed by atoms with Crippen LogP contribution in [0.3, 0.4) is 0 Å². The van der Waals surface area contributed by atoms with Crippen LogP contribution in [0.1, 0.15) is 5.56 Å². The van der Waals surface area contributed by atoms with Crippen LogP contribution in [-0.4, -0.2) is 35.3 Å². The highest BCUT2D eigenvalue weighted by Gasteiger charge is 2.11. The molecule has 0 saturated carbocycles. The summed E-state index contributed by atoms with van der Waals surface area (Å²) in [5.41, 5.74) is 3.22. The Bertz CT molecular complexity index is 995. The van der Waals surface area contributed by atoms with Crippen LogP contribution in [0, 0.1) is 0 Å². The van der Waals surface area contributed by atoms with E-state index in [0.717, 1.165) is 16.8 Å². The number of halogens is 1. The Morgan fingerprint density at radius 3 is 2.54 bits per heavy atom. The molecule has 0 fully saturated rings. The summed E-state index contributed by atoms with van der Waals surface area (Å²) in [7, 11) is 1.26. The van der Waals surface area contributed by atoms with Crippen molar-refractivity contribution in [1.82, 2.24) is 15.1 Å². The van der Waals surface area contributed by atoms with Crippen LogP contribution < -0.4 is 5.32 Å².